The number of rotatable bonds is 3. The van der Waals surface area contributed by atoms with Gasteiger partial charge in [0.15, 0.2) is 5.78 Å². The zero-order valence-electron chi connectivity index (χ0n) is 10.9. The maximum atomic E-state index is 12.2. The van der Waals surface area contributed by atoms with E-state index in [0.29, 0.717) is 0 Å². The van der Waals surface area contributed by atoms with E-state index in [9.17, 15) is 4.79 Å². The highest BCUT2D eigenvalue weighted by molar-refractivity contribution is 6.09. The van der Waals surface area contributed by atoms with Gasteiger partial charge >= 0.3 is 0 Å². The van der Waals surface area contributed by atoms with Crippen LogP contribution in [0.25, 0.3) is 10.9 Å². The van der Waals surface area contributed by atoms with Crippen LogP contribution in [0.4, 0.5) is 0 Å². The molecule has 0 bridgehead atoms. The molecule has 0 amide bonds. The highest BCUT2D eigenvalue weighted by Gasteiger charge is 2.17. The van der Waals surface area contributed by atoms with Gasteiger partial charge in [0.05, 0.1) is 5.52 Å². The minimum absolute atomic E-state index is 0.0471. The van der Waals surface area contributed by atoms with E-state index in [4.69, 9.17) is 0 Å². The monoisotopic (exact) mass is 229 g/mol. The topological polar surface area (TPSA) is 22.0 Å². The van der Waals surface area contributed by atoms with E-state index >= 15 is 0 Å². The number of fused-ring (bicyclic) bond motifs is 1. The average molecular weight is 229 g/mol. The summed E-state index contributed by atoms with van der Waals surface area (Å²) in [6.07, 6.45) is 2.96. The Morgan fingerprint density at radius 2 is 2.06 bits per heavy atom. The second kappa shape index (κ2) is 4.36. The first-order valence-electron chi connectivity index (χ1n) is 6.17. The summed E-state index contributed by atoms with van der Waals surface area (Å²) in [5.41, 5.74) is 3.35. The summed E-state index contributed by atoms with van der Waals surface area (Å²) in [6, 6.07) is 6.22. The van der Waals surface area contributed by atoms with E-state index in [0.717, 1.165) is 17.4 Å². The van der Waals surface area contributed by atoms with E-state index in [-0.39, 0.29) is 11.7 Å². The van der Waals surface area contributed by atoms with Crippen LogP contribution in [0.3, 0.4) is 0 Å². The van der Waals surface area contributed by atoms with Crippen LogP contribution < -0.4 is 0 Å². The van der Waals surface area contributed by atoms with Crippen molar-refractivity contribution < 1.29 is 4.79 Å². The molecule has 0 atom stereocenters. The normalized spacial score (nSPS) is 11.4. The number of hydrogen-bond donors (Lipinski definition) is 0. The van der Waals surface area contributed by atoms with Gasteiger partial charge in [0.25, 0.3) is 0 Å². The van der Waals surface area contributed by atoms with Gasteiger partial charge in [-0.1, -0.05) is 39.0 Å². The van der Waals surface area contributed by atoms with Crippen molar-refractivity contribution in [2.24, 2.45) is 13.0 Å². The van der Waals surface area contributed by atoms with Crippen LogP contribution in [0.15, 0.2) is 24.4 Å². The molecule has 1 aromatic carbocycles. The minimum atomic E-state index is 0.0471. The number of ketones is 1. The second-order valence-electron chi connectivity index (χ2n) is 4.84. The largest absolute Gasteiger partial charge is 0.350 e. The first-order valence-corrected chi connectivity index (χ1v) is 6.17. The van der Waals surface area contributed by atoms with Crippen molar-refractivity contribution in [1.82, 2.24) is 4.57 Å². The number of Topliss-reactive ketones (excluding diaryl/α,β-unsaturated/α-hetero) is 1. The first kappa shape index (κ1) is 11.9. The van der Waals surface area contributed by atoms with Crippen LogP contribution >= 0.6 is 0 Å². The van der Waals surface area contributed by atoms with Crippen molar-refractivity contribution >= 4 is 16.7 Å². The predicted molar refractivity (Wildman–Crippen MR) is 71.5 cm³/mol. The summed E-state index contributed by atoms with van der Waals surface area (Å²) in [6.45, 7) is 6.04. The highest BCUT2D eigenvalue weighted by atomic mass is 16.1. The Labute approximate surface area is 102 Å². The molecule has 0 unspecified atom stereocenters. The van der Waals surface area contributed by atoms with Crippen LogP contribution in [-0.2, 0) is 13.5 Å². The van der Waals surface area contributed by atoms with Crippen LogP contribution in [0.2, 0.25) is 0 Å². The highest BCUT2D eigenvalue weighted by Crippen LogP contribution is 2.26. The van der Waals surface area contributed by atoms with Crippen LogP contribution in [0, 0.1) is 5.92 Å². The number of para-hydroxylation sites is 1. The van der Waals surface area contributed by atoms with Gasteiger partial charge in [0.1, 0.15) is 0 Å². The molecule has 2 rings (SSSR count). The average Bonchev–Trinajstić information content (AvgIpc) is 2.66. The summed E-state index contributed by atoms with van der Waals surface area (Å²) >= 11 is 0. The Bertz CT molecular complexity index is 564. The Morgan fingerprint density at radius 3 is 2.65 bits per heavy atom. The lowest BCUT2D eigenvalue weighted by atomic mass is 9.99. The van der Waals surface area contributed by atoms with E-state index in [1.165, 1.54) is 11.1 Å². The zero-order chi connectivity index (χ0) is 12.6. The Balaban J connectivity index is 2.72. The molecule has 0 saturated heterocycles. The van der Waals surface area contributed by atoms with Gasteiger partial charge in [-0.15, -0.1) is 0 Å². The number of carbonyl (C=O) groups is 1. The van der Waals surface area contributed by atoms with Gasteiger partial charge in [0, 0.05) is 30.1 Å². The SMILES string of the molecule is CCc1cccc2c(C(=O)C(C)C)cn(C)c12. The van der Waals surface area contributed by atoms with Gasteiger partial charge in [-0.2, -0.15) is 0 Å². The number of hydrogen-bond acceptors (Lipinski definition) is 1. The van der Waals surface area contributed by atoms with Crippen molar-refractivity contribution in [2.75, 3.05) is 0 Å². The maximum absolute atomic E-state index is 12.2. The van der Waals surface area contributed by atoms with Gasteiger partial charge in [-0.3, -0.25) is 4.79 Å². The van der Waals surface area contributed by atoms with Gasteiger partial charge in [0.2, 0.25) is 0 Å². The third-order valence-corrected chi connectivity index (χ3v) is 3.26. The number of benzene rings is 1. The lowest BCUT2D eigenvalue weighted by Crippen LogP contribution is -2.06. The summed E-state index contributed by atoms with van der Waals surface area (Å²) in [7, 11) is 2.01. The standard InChI is InChI=1S/C15H19NO/c1-5-11-7-6-8-12-13(15(17)10(2)3)9-16(4)14(11)12/h6-10H,5H2,1-4H3. The number of aryl methyl sites for hydroxylation is 2. The number of aromatic nitrogens is 1. The molecule has 0 fully saturated rings. The van der Waals surface area contributed by atoms with E-state index in [2.05, 4.69) is 17.6 Å². The molecule has 0 saturated carbocycles. The molecule has 0 aliphatic heterocycles. The smallest absolute Gasteiger partial charge is 0.167 e. The molecule has 90 valence electrons. The van der Waals surface area contributed by atoms with E-state index in [1.54, 1.807) is 0 Å². The summed E-state index contributed by atoms with van der Waals surface area (Å²) < 4.78 is 2.07. The summed E-state index contributed by atoms with van der Waals surface area (Å²) in [5.74, 6) is 0.273. The molecule has 17 heavy (non-hydrogen) atoms. The van der Waals surface area contributed by atoms with Crippen LogP contribution in [0.1, 0.15) is 36.7 Å². The van der Waals surface area contributed by atoms with Gasteiger partial charge < -0.3 is 4.57 Å². The molecule has 2 aromatic rings. The molecule has 0 aliphatic rings. The summed E-state index contributed by atoms with van der Waals surface area (Å²) in [5, 5.41) is 1.09. The Hall–Kier alpha value is -1.57. The van der Waals surface area contributed by atoms with Crippen LogP contribution in [0.5, 0.6) is 0 Å². The lowest BCUT2D eigenvalue weighted by molar-refractivity contribution is 0.0941. The predicted octanol–water partition coefficient (Wildman–Crippen LogP) is 3.58. The first-order chi connectivity index (χ1) is 8.06. The van der Waals surface area contributed by atoms with Crippen molar-refractivity contribution in [3.63, 3.8) is 0 Å². The zero-order valence-corrected chi connectivity index (χ0v) is 10.9. The quantitative estimate of drug-likeness (QED) is 0.737. The van der Waals surface area contributed by atoms with Crippen molar-refractivity contribution in [3.05, 3.63) is 35.5 Å². The van der Waals surface area contributed by atoms with Gasteiger partial charge in [-0.25, -0.2) is 0 Å². The molecule has 1 heterocycles. The Morgan fingerprint density at radius 1 is 1.35 bits per heavy atom. The molecule has 2 heteroatoms. The lowest BCUT2D eigenvalue weighted by Gasteiger charge is -2.04. The molecule has 0 N–H and O–H groups in total. The van der Waals surface area contributed by atoms with Crippen molar-refractivity contribution in [1.29, 1.82) is 0 Å². The molecular formula is C15H19NO. The fraction of sp³-hybridized carbons (Fsp3) is 0.400. The minimum Gasteiger partial charge on any atom is -0.350 e. The fourth-order valence-corrected chi connectivity index (χ4v) is 2.35. The molecule has 0 radical (unpaired) electrons. The second-order valence-corrected chi connectivity index (χ2v) is 4.84. The molecule has 0 spiro atoms. The van der Waals surface area contributed by atoms with Crippen molar-refractivity contribution in [2.45, 2.75) is 27.2 Å². The summed E-state index contributed by atoms with van der Waals surface area (Å²) in [4.78, 5) is 12.2. The molecule has 0 aliphatic carbocycles. The molecule has 2 nitrogen and oxygen atoms in total. The van der Waals surface area contributed by atoms with E-state index in [1.807, 2.05) is 39.2 Å². The van der Waals surface area contributed by atoms with Crippen molar-refractivity contribution in [3.8, 4) is 0 Å². The molecular weight excluding hydrogens is 210 g/mol. The van der Waals surface area contributed by atoms with Crippen LogP contribution in [-0.4, -0.2) is 10.4 Å². The maximum Gasteiger partial charge on any atom is 0.167 e. The Kier molecular flexibility index (Phi) is 3.05. The van der Waals surface area contributed by atoms with Gasteiger partial charge in [-0.05, 0) is 12.0 Å². The molecule has 1 aromatic heterocycles. The third kappa shape index (κ3) is 1.88. The number of carbonyl (C=O) groups excluding carboxylic acids is 1. The third-order valence-electron chi connectivity index (χ3n) is 3.26. The number of nitrogens with zero attached hydrogens (tertiary/aromatic N) is 1. The fourth-order valence-electron chi connectivity index (χ4n) is 2.35. The van der Waals surface area contributed by atoms with E-state index < -0.39 is 0 Å².